The van der Waals surface area contributed by atoms with Gasteiger partial charge in [0.1, 0.15) is 6.54 Å². The van der Waals surface area contributed by atoms with E-state index in [4.69, 9.17) is 0 Å². The summed E-state index contributed by atoms with van der Waals surface area (Å²) in [6.07, 6.45) is 7.13. The van der Waals surface area contributed by atoms with Gasteiger partial charge in [0.2, 0.25) is 0 Å². The van der Waals surface area contributed by atoms with Gasteiger partial charge < -0.3 is 9.64 Å². The molecule has 0 aromatic carbocycles. The molecule has 1 aromatic rings. The van der Waals surface area contributed by atoms with Crippen molar-refractivity contribution in [2.24, 2.45) is 0 Å². The van der Waals surface area contributed by atoms with Crippen LogP contribution < -0.4 is 0 Å². The SMILES string of the molecule is CCN(CC(=O)OC)C(=O)c1cc2c(s1)CCCCCC2. The van der Waals surface area contributed by atoms with Crippen molar-refractivity contribution in [2.75, 3.05) is 20.2 Å². The van der Waals surface area contributed by atoms with Crippen molar-refractivity contribution in [2.45, 2.75) is 45.4 Å². The van der Waals surface area contributed by atoms with Gasteiger partial charge in [-0.25, -0.2) is 0 Å². The van der Waals surface area contributed by atoms with Crippen LogP contribution in [0.5, 0.6) is 0 Å². The number of likely N-dealkylation sites (N-methyl/N-ethyl adjacent to an activating group) is 1. The summed E-state index contributed by atoms with van der Waals surface area (Å²) in [6, 6.07) is 2.04. The van der Waals surface area contributed by atoms with Crippen LogP contribution in [0.3, 0.4) is 0 Å². The summed E-state index contributed by atoms with van der Waals surface area (Å²) in [4.78, 5) is 27.6. The van der Waals surface area contributed by atoms with Crippen LogP contribution >= 0.6 is 11.3 Å². The van der Waals surface area contributed by atoms with Crippen LogP contribution in [0.4, 0.5) is 0 Å². The minimum absolute atomic E-state index is 0.0222. The van der Waals surface area contributed by atoms with Gasteiger partial charge in [-0.2, -0.15) is 0 Å². The largest absolute Gasteiger partial charge is 0.468 e. The second-order valence-corrected chi connectivity index (χ2v) is 6.51. The Morgan fingerprint density at radius 3 is 2.62 bits per heavy atom. The molecule has 0 saturated carbocycles. The molecule has 0 unspecified atom stereocenters. The highest BCUT2D eigenvalue weighted by molar-refractivity contribution is 7.14. The predicted molar refractivity (Wildman–Crippen MR) is 83.8 cm³/mol. The molecule has 0 radical (unpaired) electrons. The van der Waals surface area contributed by atoms with E-state index in [-0.39, 0.29) is 18.4 Å². The van der Waals surface area contributed by atoms with Crippen LogP contribution in [-0.2, 0) is 22.4 Å². The van der Waals surface area contributed by atoms with Crippen LogP contribution in [-0.4, -0.2) is 37.0 Å². The van der Waals surface area contributed by atoms with Gasteiger partial charge in [0.25, 0.3) is 5.91 Å². The fourth-order valence-corrected chi connectivity index (χ4v) is 3.87. The Bertz CT molecular complexity index is 484. The lowest BCUT2D eigenvalue weighted by Crippen LogP contribution is -2.35. The van der Waals surface area contributed by atoms with Crippen molar-refractivity contribution in [3.05, 3.63) is 21.4 Å². The molecule has 0 fully saturated rings. The Hall–Kier alpha value is -1.36. The molecule has 0 atom stereocenters. The molecule has 1 aromatic heterocycles. The third-order valence-corrected chi connectivity index (χ3v) is 5.15. The number of hydrogen-bond donors (Lipinski definition) is 0. The Balaban J connectivity index is 2.14. The summed E-state index contributed by atoms with van der Waals surface area (Å²) in [5.41, 5.74) is 1.33. The molecule has 0 spiro atoms. The third-order valence-electron chi connectivity index (χ3n) is 3.92. The van der Waals surface area contributed by atoms with Gasteiger partial charge in [-0.3, -0.25) is 9.59 Å². The molecular weight excluding hydrogens is 286 g/mol. The van der Waals surface area contributed by atoms with Gasteiger partial charge in [0.15, 0.2) is 0 Å². The highest BCUT2D eigenvalue weighted by Crippen LogP contribution is 2.29. The predicted octanol–water partition coefficient (Wildman–Crippen LogP) is 3.04. The van der Waals surface area contributed by atoms with E-state index in [1.807, 2.05) is 13.0 Å². The number of carbonyl (C=O) groups excluding carboxylic acids is 2. The minimum atomic E-state index is -0.375. The Kier molecular flexibility index (Phi) is 5.79. The van der Waals surface area contributed by atoms with Crippen molar-refractivity contribution in [3.8, 4) is 0 Å². The van der Waals surface area contributed by atoms with E-state index in [9.17, 15) is 9.59 Å². The molecule has 0 saturated heterocycles. The van der Waals surface area contributed by atoms with Crippen LogP contribution in [0.25, 0.3) is 0 Å². The van der Waals surface area contributed by atoms with Crippen molar-refractivity contribution in [1.29, 1.82) is 0 Å². The van der Waals surface area contributed by atoms with Crippen molar-refractivity contribution >= 4 is 23.2 Å². The average Bonchev–Trinajstić information content (AvgIpc) is 2.86. The molecule has 0 aliphatic heterocycles. The second kappa shape index (κ2) is 7.59. The molecule has 0 N–H and O–H groups in total. The maximum Gasteiger partial charge on any atom is 0.325 e. The van der Waals surface area contributed by atoms with Gasteiger partial charge in [-0.15, -0.1) is 11.3 Å². The zero-order valence-corrected chi connectivity index (χ0v) is 13.6. The fourth-order valence-electron chi connectivity index (χ4n) is 2.65. The molecule has 116 valence electrons. The number of esters is 1. The monoisotopic (exact) mass is 309 g/mol. The van der Waals surface area contributed by atoms with Crippen molar-refractivity contribution in [3.63, 3.8) is 0 Å². The number of carbonyl (C=O) groups is 2. The highest BCUT2D eigenvalue weighted by atomic mass is 32.1. The number of methoxy groups -OCH3 is 1. The third kappa shape index (κ3) is 4.06. The smallest absolute Gasteiger partial charge is 0.325 e. The van der Waals surface area contributed by atoms with Crippen LogP contribution in [0.1, 0.15) is 52.7 Å². The van der Waals surface area contributed by atoms with Crippen LogP contribution in [0.15, 0.2) is 6.07 Å². The maximum atomic E-state index is 12.5. The number of rotatable bonds is 4. The van der Waals surface area contributed by atoms with Crippen molar-refractivity contribution in [1.82, 2.24) is 4.90 Å². The summed E-state index contributed by atoms with van der Waals surface area (Å²) in [5.74, 6) is -0.431. The number of ether oxygens (including phenoxy) is 1. The fraction of sp³-hybridized carbons (Fsp3) is 0.625. The number of fused-ring (bicyclic) bond motifs is 1. The van der Waals surface area contributed by atoms with Gasteiger partial charge >= 0.3 is 5.97 Å². The normalized spacial score (nSPS) is 14.8. The zero-order chi connectivity index (χ0) is 15.2. The first kappa shape index (κ1) is 16.0. The quantitative estimate of drug-likeness (QED) is 0.803. The lowest BCUT2D eigenvalue weighted by atomic mass is 10.00. The number of thiophene rings is 1. The van der Waals surface area contributed by atoms with E-state index in [0.717, 1.165) is 17.7 Å². The Labute approximate surface area is 130 Å². The summed E-state index contributed by atoms with van der Waals surface area (Å²) in [7, 11) is 1.34. The molecule has 2 rings (SSSR count). The first-order chi connectivity index (χ1) is 10.2. The maximum absolute atomic E-state index is 12.5. The van der Waals surface area contributed by atoms with E-state index >= 15 is 0 Å². The van der Waals surface area contributed by atoms with Gasteiger partial charge in [-0.05, 0) is 44.2 Å². The first-order valence-electron chi connectivity index (χ1n) is 7.63. The number of nitrogens with zero attached hydrogens (tertiary/aromatic N) is 1. The minimum Gasteiger partial charge on any atom is -0.468 e. The molecule has 0 bridgehead atoms. The molecule has 5 heteroatoms. The summed E-state index contributed by atoms with van der Waals surface area (Å²) in [5, 5.41) is 0. The summed E-state index contributed by atoms with van der Waals surface area (Å²) < 4.78 is 4.65. The zero-order valence-electron chi connectivity index (χ0n) is 12.8. The second-order valence-electron chi connectivity index (χ2n) is 5.37. The van der Waals surface area contributed by atoms with Gasteiger partial charge in [0.05, 0.1) is 12.0 Å². The standard InChI is InChI=1S/C16H23NO3S/c1-3-17(11-15(18)20-2)16(19)14-10-12-8-6-4-5-7-9-13(12)21-14/h10H,3-9,11H2,1-2H3. The highest BCUT2D eigenvalue weighted by Gasteiger charge is 2.21. The number of aryl methyl sites for hydroxylation is 2. The molecule has 1 heterocycles. The molecule has 1 amide bonds. The number of amides is 1. The van der Waals surface area contributed by atoms with E-state index in [2.05, 4.69) is 4.74 Å². The summed E-state index contributed by atoms with van der Waals surface area (Å²) >= 11 is 1.60. The van der Waals surface area contributed by atoms with Crippen LogP contribution in [0.2, 0.25) is 0 Å². The molecule has 21 heavy (non-hydrogen) atoms. The first-order valence-corrected chi connectivity index (χ1v) is 8.45. The van der Waals surface area contributed by atoms with E-state index in [1.54, 1.807) is 16.2 Å². The Morgan fingerprint density at radius 2 is 1.95 bits per heavy atom. The summed E-state index contributed by atoms with van der Waals surface area (Å²) in [6.45, 7) is 2.41. The molecule has 1 aliphatic carbocycles. The van der Waals surface area contributed by atoms with E-state index in [0.29, 0.717) is 6.54 Å². The topological polar surface area (TPSA) is 46.6 Å². The van der Waals surface area contributed by atoms with Gasteiger partial charge in [0, 0.05) is 11.4 Å². The molecule has 1 aliphatic rings. The Morgan fingerprint density at radius 1 is 1.24 bits per heavy atom. The average molecular weight is 309 g/mol. The lowest BCUT2D eigenvalue weighted by Gasteiger charge is -2.18. The lowest BCUT2D eigenvalue weighted by molar-refractivity contribution is -0.141. The van der Waals surface area contributed by atoms with Gasteiger partial charge in [-0.1, -0.05) is 12.8 Å². The van der Waals surface area contributed by atoms with Crippen molar-refractivity contribution < 1.29 is 14.3 Å². The van der Waals surface area contributed by atoms with Crippen LogP contribution in [0, 0.1) is 0 Å². The van der Waals surface area contributed by atoms with E-state index < -0.39 is 0 Å². The molecule has 4 nitrogen and oxygen atoms in total. The molecular formula is C16H23NO3S. The number of hydrogen-bond acceptors (Lipinski definition) is 4. The van der Waals surface area contributed by atoms with E-state index in [1.165, 1.54) is 43.2 Å².